The van der Waals surface area contributed by atoms with Crippen molar-refractivity contribution in [2.45, 2.75) is 38.8 Å². The summed E-state index contributed by atoms with van der Waals surface area (Å²) in [6.07, 6.45) is 1.08. The molecule has 0 fully saturated rings. The Kier molecular flexibility index (Phi) is 7.53. The molecule has 0 radical (unpaired) electrons. The van der Waals surface area contributed by atoms with E-state index in [2.05, 4.69) is 10.6 Å². The number of aliphatic hydroxyl groups is 1. The van der Waals surface area contributed by atoms with Crippen LogP contribution in [0.1, 0.15) is 26.7 Å². The van der Waals surface area contributed by atoms with Crippen LogP contribution in [0.5, 0.6) is 5.75 Å². The van der Waals surface area contributed by atoms with Gasteiger partial charge in [-0.3, -0.25) is 0 Å². The fourth-order valence-electron chi connectivity index (χ4n) is 1.72. The third kappa shape index (κ3) is 6.44. The summed E-state index contributed by atoms with van der Waals surface area (Å²) in [6, 6.07) is 5.29. The molecule has 6 heteroatoms. The van der Waals surface area contributed by atoms with Gasteiger partial charge in [0.15, 0.2) is 0 Å². The monoisotopic (exact) mass is 298 g/mol. The molecule has 0 aliphatic carbocycles. The summed E-state index contributed by atoms with van der Waals surface area (Å²) in [7, 11) is 0. The lowest BCUT2D eigenvalue weighted by Gasteiger charge is -2.20. The van der Waals surface area contributed by atoms with E-state index in [1.54, 1.807) is 12.1 Å². The number of nitrogens with one attached hydrogen (secondary N) is 2. The smallest absolute Gasteiger partial charge is 0.315 e. The first-order valence-corrected chi connectivity index (χ1v) is 7.16. The zero-order valence-corrected chi connectivity index (χ0v) is 12.4. The Bertz CT molecular complexity index is 439. The van der Waals surface area contributed by atoms with Gasteiger partial charge in [-0.15, -0.1) is 0 Å². The van der Waals surface area contributed by atoms with Gasteiger partial charge in [-0.2, -0.15) is 0 Å². The molecule has 5 nitrogen and oxygen atoms in total. The van der Waals surface area contributed by atoms with Crippen molar-refractivity contribution in [3.8, 4) is 5.75 Å². The Hall–Kier alpha value is -1.82. The van der Waals surface area contributed by atoms with E-state index in [0.29, 0.717) is 25.1 Å². The van der Waals surface area contributed by atoms with Gasteiger partial charge in [0.1, 0.15) is 17.7 Å². The van der Waals surface area contributed by atoms with Crippen LogP contribution >= 0.6 is 0 Å². The first-order valence-electron chi connectivity index (χ1n) is 7.16. The maximum atomic E-state index is 13.1. The van der Waals surface area contributed by atoms with Crippen molar-refractivity contribution in [3.63, 3.8) is 0 Å². The maximum Gasteiger partial charge on any atom is 0.315 e. The number of carbonyl (C=O) groups is 1. The van der Waals surface area contributed by atoms with Crippen molar-refractivity contribution in [3.05, 3.63) is 30.1 Å². The fraction of sp³-hybridized carbons (Fsp3) is 0.533. The number of urea groups is 1. The Morgan fingerprint density at radius 3 is 2.71 bits per heavy atom. The van der Waals surface area contributed by atoms with Gasteiger partial charge < -0.3 is 20.5 Å². The lowest BCUT2D eigenvalue weighted by Crippen LogP contribution is -2.46. The molecule has 3 N–H and O–H groups in total. The van der Waals surface area contributed by atoms with Crippen LogP contribution in [0.15, 0.2) is 24.3 Å². The van der Waals surface area contributed by atoms with Crippen LogP contribution in [0.2, 0.25) is 0 Å². The third-order valence-corrected chi connectivity index (χ3v) is 3.09. The first kappa shape index (κ1) is 17.2. The molecule has 1 aromatic carbocycles. The number of rotatable bonds is 8. The minimum absolute atomic E-state index is 0.0963. The second-order valence-electron chi connectivity index (χ2n) is 4.75. The van der Waals surface area contributed by atoms with Gasteiger partial charge in [0, 0.05) is 6.07 Å². The van der Waals surface area contributed by atoms with Gasteiger partial charge in [0.05, 0.1) is 19.2 Å². The van der Waals surface area contributed by atoms with E-state index in [1.807, 2.05) is 13.8 Å². The average molecular weight is 298 g/mol. The summed E-state index contributed by atoms with van der Waals surface area (Å²) >= 11 is 0. The van der Waals surface area contributed by atoms with Gasteiger partial charge in [-0.05, 0) is 25.0 Å². The predicted octanol–water partition coefficient (Wildman–Crippen LogP) is 2.05. The number of halogens is 1. The molecule has 0 aliphatic rings. The highest BCUT2D eigenvalue weighted by Gasteiger charge is 2.13. The molecule has 0 saturated heterocycles. The van der Waals surface area contributed by atoms with Crippen LogP contribution in [-0.4, -0.2) is 36.4 Å². The Morgan fingerprint density at radius 1 is 1.38 bits per heavy atom. The summed E-state index contributed by atoms with van der Waals surface area (Å²) < 4.78 is 18.7. The molecular formula is C15H23FN2O3. The zero-order chi connectivity index (χ0) is 15.7. The van der Waals surface area contributed by atoms with Crippen molar-refractivity contribution < 1.29 is 19.0 Å². The highest BCUT2D eigenvalue weighted by Crippen LogP contribution is 2.14. The molecule has 1 aromatic rings. The van der Waals surface area contributed by atoms with Gasteiger partial charge >= 0.3 is 6.03 Å². The van der Waals surface area contributed by atoms with E-state index in [0.717, 1.165) is 0 Å². The number of amides is 2. The lowest BCUT2D eigenvalue weighted by molar-refractivity contribution is 0.184. The van der Waals surface area contributed by atoms with Crippen LogP contribution in [-0.2, 0) is 0 Å². The second kappa shape index (κ2) is 9.18. The van der Waals surface area contributed by atoms with E-state index < -0.39 is 0 Å². The fourth-order valence-corrected chi connectivity index (χ4v) is 1.72. The molecule has 0 saturated carbocycles. The normalized spacial score (nSPS) is 13.3. The molecule has 0 aliphatic heterocycles. The summed E-state index contributed by atoms with van der Waals surface area (Å²) in [5.74, 6) is 0.0765. The van der Waals surface area contributed by atoms with Gasteiger partial charge in [0.25, 0.3) is 0 Å². The minimum Gasteiger partial charge on any atom is -0.489 e. The molecule has 1 rings (SSSR count). The molecule has 2 amide bonds. The average Bonchev–Trinajstić information content (AvgIpc) is 2.49. The number of ether oxygens (including phenoxy) is 1. The summed E-state index contributed by atoms with van der Waals surface area (Å²) in [5, 5.41) is 14.4. The minimum atomic E-state index is -0.359. The second-order valence-corrected chi connectivity index (χ2v) is 4.75. The van der Waals surface area contributed by atoms with Gasteiger partial charge in [0.2, 0.25) is 0 Å². The highest BCUT2D eigenvalue weighted by molar-refractivity contribution is 5.74. The van der Waals surface area contributed by atoms with E-state index in [1.165, 1.54) is 12.1 Å². The molecule has 2 unspecified atom stereocenters. The molecule has 0 aromatic heterocycles. The number of carbonyl (C=O) groups excluding carboxylic acids is 1. The van der Waals surface area contributed by atoms with E-state index in [-0.39, 0.29) is 30.6 Å². The molecule has 2 atom stereocenters. The molecule has 21 heavy (non-hydrogen) atoms. The van der Waals surface area contributed by atoms with Crippen LogP contribution in [0.25, 0.3) is 0 Å². The molecule has 0 bridgehead atoms. The Balaban J connectivity index is 2.42. The third-order valence-electron chi connectivity index (χ3n) is 3.09. The quantitative estimate of drug-likeness (QED) is 0.688. The number of aliphatic hydroxyl groups excluding tert-OH is 1. The standard InChI is InChI=1S/C15H23FN2O3/c1-3-12(10-19)18-15(20)17-9-13(4-2)21-14-7-5-6-11(16)8-14/h5-8,12-13,19H,3-4,9-10H2,1-2H3,(H2,17,18,20). The van der Waals surface area contributed by atoms with Crippen LogP contribution in [0.3, 0.4) is 0 Å². The Morgan fingerprint density at radius 2 is 2.14 bits per heavy atom. The SMILES string of the molecule is CCC(CO)NC(=O)NCC(CC)Oc1cccc(F)c1. The highest BCUT2D eigenvalue weighted by atomic mass is 19.1. The van der Waals surface area contributed by atoms with Crippen LogP contribution < -0.4 is 15.4 Å². The lowest BCUT2D eigenvalue weighted by atomic mass is 10.2. The predicted molar refractivity (Wildman–Crippen MR) is 78.8 cm³/mol. The van der Waals surface area contributed by atoms with Crippen LogP contribution in [0.4, 0.5) is 9.18 Å². The van der Waals surface area contributed by atoms with Crippen molar-refractivity contribution in [2.24, 2.45) is 0 Å². The summed E-state index contributed by atoms with van der Waals surface area (Å²) in [5.41, 5.74) is 0. The summed E-state index contributed by atoms with van der Waals surface area (Å²) in [6.45, 7) is 4.01. The molecule has 0 spiro atoms. The molecular weight excluding hydrogens is 275 g/mol. The van der Waals surface area contributed by atoms with E-state index in [9.17, 15) is 9.18 Å². The van der Waals surface area contributed by atoms with Crippen molar-refractivity contribution in [2.75, 3.05) is 13.2 Å². The number of hydrogen-bond donors (Lipinski definition) is 3. The van der Waals surface area contributed by atoms with Gasteiger partial charge in [-0.25, -0.2) is 9.18 Å². The topological polar surface area (TPSA) is 70.6 Å². The zero-order valence-electron chi connectivity index (χ0n) is 12.4. The Labute approximate surface area is 124 Å². The number of benzene rings is 1. The van der Waals surface area contributed by atoms with Crippen molar-refractivity contribution in [1.29, 1.82) is 0 Å². The summed E-state index contributed by atoms with van der Waals surface area (Å²) in [4.78, 5) is 11.6. The maximum absolute atomic E-state index is 13.1. The van der Waals surface area contributed by atoms with Crippen LogP contribution in [0, 0.1) is 5.82 Å². The first-order chi connectivity index (χ1) is 10.1. The number of hydrogen-bond acceptors (Lipinski definition) is 3. The largest absolute Gasteiger partial charge is 0.489 e. The molecule has 118 valence electrons. The van der Waals surface area contributed by atoms with E-state index >= 15 is 0 Å². The van der Waals surface area contributed by atoms with E-state index in [4.69, 9.17) is 9.84 Å². The molecule has 0 heterocycles. The van der Waals surface area contributed by atoms with Gasteiger partial charge in [-0.1, -0.05) is 19.9 Å². The van der Waals surface area contributed by atoms with Crippen molar-refractivity contribution >= 4 is 6.03 Å². The van der Waals surface area contributed by atoms with Crippen molar-refractivity contribution in [1.82, 2.24) is 10.6 Å².